The number of aromatic hydroxyl groups is 1. The summed E-state index contributed by atoms with van der Waals surface area (Å²) in [4.78, 5) is 11.1. The summed E-state index contributed by atoms with van der Waals surface area (Å²) < 4.78 is 4.69. The number of imidazole rings is 2. The summed E-state index contributed by atoms with van der Waals surface area (Å²) >= 11 is 0. The topological polar surface area (TPSA) is 55.9 Å². The van der Waals surface area contributed by atoms with Crippen LogP contribution in [0, 0.1) is 0 Å². The van der Waals surface area contributed by atoms with Crippen molar-refractivity contribution in [2.45, 2.75) is 79.1 Å². The van der Waals surface area contributed by atoms with Gasteiger partial charge < -0.3 is 5.11 Å². The van der Waals surface area contributed by atoms with Gasteiger partial charge in [0.25, 0.3) is 0 Å². The van der Waals surface area contributed by atoms with Gasteiger partial charge in [0.05, 0.1) is 39.0 Å². The predicted octanol–water partition coefficient (Wildman–Crippen LogP) is 13.6. The van der Waals surface area contributed by atoms with Gasteiger partial charge in [-0.3, -0.25) is 9.13 Å². The standard InChI is InChI=1S/C50H50N4O/c1-30(2)35-21-14-22-36(31(3)4)47(35)53-42-27-16-25-39(45(42)51-49(53)34-18-10-9-11-19-34)40-26-17-28-43-46(40)52-50(41-20-12-13-29-44(41)55)54(43)48-37(32(5)6)23-15-24-38(48)33(7)8/h9-33,55H,1-8H3. The lowest BCUT2D eigenvalue weighted by Gasteiger charge is -2.23. The van der Waals surface area contributed by atoms with E-state index < -0.39 is 0 Å². The van der Waals surface area contributed by atoms with Crippen molar-refractivity contribution >= 4 is 22.1 Å². The van der Waals surface area contributed by atoms with Crippen LogP contribution in [0.25, 0.3) is 67.3 Å². The van der Waals surface area contributed by atoms with Crippen LogP contribution in [-0.2, 0) is 0 Å². The number of rotatable bonds is 9. The third-order valence-corrected chi connectivity index (χ3v) is 11.0. The first-order valence-electron chi connectivity index (χ1n) is 19.7. The second kappa shape index (κ2) is 14.4. The van der Waals surface area contributed by atoms with Gasteiger partial charge in [0.2, 0.25) is 0 Å². The van der Waals surface area contributed by atoms with Crippen LogP contribution in [0.4, 0.5) is 0 Å². The van der Waals surface area contributed by atoms with E-state index in [1.807, 2.05) is 18.2 Å². The third-order valence-electron chi connectivity index (χ3n) is 11.0. The molecule has 0 aliphatic carbocycles. The highest BCUT2D eigenvalue weighted by Crippen LogP contribution is 2.44. The number of phenols is 1. The molecule has 0 saturated carbocycles. The Morgan fingerprint density at radius 1 is 0.400 bits per heavy atom. The van der Waals surface area contributed by atoms with E-state index in [1.54, 1.807) is 6.07 Å². The Morgan fingerprint density at radius 2 is 0.782 bits per heavy atom. The molecule has 0 amide bonds. The summed E-state index contributed by atoms with van der Waals surface area (Å²) in [6.07, 6.45) is 0. The largest absolute Gasteiger partial charge is 0.507 e. The lowest BCUT2D eigenvalue weighted by atomic mass is 9.92. The molecule has 8 aromatic rings. The molecule has 0 saturated heterocycles. The molecule has 0 unspecified atom stereocenters. The number of phenolic OH excluding ortho intramolecular Hbond substituents is 1. The van der Waals surface area contributed by atoms with Crippen LogP contribution in [-0.4, -0.2) is 24.2 Å². The lowest BCUT2D eigenvalue weighted by molar-refractivity contribution is 0.477. The molecule has 0 spiro atoms. The third kappa shape index (κ3) is 6.12. The van der Waals surface area contributed by atoms with Crippen LogP contribution in [0.5, 0.6) is 5.75 Å². The molecular formula is C50H50N4O. The van der Waals surface area contributed by atoms with Gasteiger partial charge in [-0.1, -0.05) is 159 Å². The van der Waals surface area contributed by atoms with Crippen molar-refractivity contribution in [2.24, 2.45) is 0 Å². The van der Waals surface area contributed by atoms with E-state index in [9.17, 15) is 5.11 Å². The summed E-state index contributed by atoms with van der Waals surface area (Å²) in [7, 11) is 0. The number of aromatic nitrogens is 4. The molecule has 6 aromatic carbocycles. The van der Waals surface area contributed by atoms with Crippen LogP contribution in [0.1, 0.15) is 101 Å². The van der Waals surface area contributed by atoms with Crippen LogP contribution in [0.15, 0.2) is 127 Å². The van der Waals surface area contributed by atoms with Crippen molar-refractivity contribution < 1.29 is 5.11 Å². The number of fused-ring (bicyclic) bond motifs is 2. The summed E-state index contributed by atoms with van der Waals surface area (Å²) in [6.45, 7) is 18.1. The van der Waals surface area contributed by atoms with E-state index in [1.165, 1.54) is 27.9 Å². The SMILES string of the molecule is CC(C)c1cccc(C(C)C)c1-n1c(-c2ccccc2)nc2c(-c3cccc4c3nc(-c3ccccc3O)n4-c3c(C(C)C)cccc3C(C)C)cccc21. The van der Waals surface area contributed by atoms with Gasteiger partial charge in [-0.2, -0.15) is 0 Å². The highest BCUT2D eigenvalue weighted by molar-refractivity contribution is 6.04. The summed E-state index contributed by atoms with van der Waals surface area (Å²) in [5, 5.41) is 11.4. The van der Waals surface area contributed by atoms with Gasteiger partial charge in [-0.15, -0.1) is 0 Å². The first kappa shape index (κ1) is 36.1. The van der Waals surface area contributed by atoms with Gasteiger partial charge in [0.15, 0.2) is 0 Å². The Morgan fingerprint density at radius 3 is 1.24 bits per heavy atom. The molecule has 0 aliphatic heterocycles. The molecule has 5 nitrogen and oxygen atoms in total. The van der Waals surface area contributed by atoms with Crippen LogP contribution >= 0.6 is 0 Å². The zero-order valence-electron chi connectivity index (χ0n) is 33.2. The fourth-order valence-corrected chi connectivity index (χ4v) is 8.25. The zero-order chi connectivity index (χ0) is 38.5. The van der Waals surface area contributed by atoms with Gasteiger partial charge in [-0.05, 0) is 70.2 Å². The lowest BCUT2D eigenvalue weighted by Crippen LogP contribution is -2.08. The van der Waals surface area contributed by atoms with Crippen LogP contribution < -0.4 is 0 Å². The van der Waals surface area contributed by atoms with Gasteiger partial charge in [0, 0.05) is 16.7 Å². The molecule has 5 heteroatoms. The minimum Gasteiger partial charge on any atom is -0.507 e. The molecule has 276 valence electrons. The van der Waals surface area contributed by atoms with Gasteiger partial charge in [-0.25, -0.2) is 9.97 Å². The van der Waals surface area contributed by atoms with Crippen molar-refractivity contribution in [1.29, 1.82) is 0 Å². The normalized spacial score (nSPS) is 12.0. The summed E-state index contributed by atoms with van der Waals surface area (Å²) in [5.74, 6) is 2.99. The molecule has 0 atom stereocenters. The van der Waals surface area contributed by atoms with E-state index in [4.69, 9.17) is 9.97 Å². The molecule has 2 aromatic heterocycles. The monoisotopic (exact) mass is 722 g/mol. The molecule has 0 fully saturated rings. The molecule has 55 heavy (non-hydrogen) atoms. The van der Waals surface area contributed by atoms with Gasteiger partial charge >= 0.3 is 0 Å². The van der Waals surface area contributed by atoms with E-state index >= 15 is 0 Å². The molecule has 8 rings (SSSR count). The minimum absolute atomic E-state index is 0.201. The van der Waals surface area contributed by atoms with Crippen molar-refractivity contribution in [3.63, 3.8) is 0 Å². The first-order valence-corrected chi connectivity index (χ1v) is 19.7. The Hall–Kier alpha value is -5.94. The highest BCUT2D eigenvalue weighted by Gasteiger charge is 2.27. The van der Waals surface area contributed by atoms with Crippen molar-refractivity contribution in [2.75, 3.05) is 0 Å². The van der Waals surface area contributed by atoms with Crippen LogP contribution in [0.2, 0.25) is 0 Å². The average Bonchev–Trinajstić information content (AvgIpc) is 3.77. The number of para-hydroxylation sites is 5. The Labute approximate surface area is 325 Å². The molecule has 0 radical (unpaired) electrons. The molecule has 2 heterocycles. The van der Waals surface area contributed by atoms with E-state index in [2.05, 4.69) is 168 Å². The molecule has 0 aliphatic rings. The number of hydrogen-bond acceptors (Lipinski definition) is 3. The second-order valence-corrected chi connectivity index (χ2v) is 16.0. The highest BCUT2D eigenvalue weighted by atomic mass is 16.3. The smallest absolute Gasteiger partial charge is 0.149 e. The van der Waals surface area contributed by atoms with Crippen molar-refractivity contribution in [1.82, 2.24) is 19.1 Å². The zero-order valence-corrected chi connectivity index (χ0v) is 33.2. The fraction of sp³-hybridized carbons (Fsp3) is 0.240. The minimum atomic E-state index is 0.201. The van der Waals surface area contributed by atoms with E-state index in [-0.39, 0.29) is 17.6 Å². The molecular weight excluding hydrogens is 673 g/mol. The average molecular weight is 723 g/mol. The predicted molar refractivity (Wildman–Crippen MR) is 230 cm³/mol. The summed E-state index contributed by atoms with van der Waals surface area (Å²) in [6, 6.07) is 44.5. The first-order chi connectivity index (χ1) is 26.6. The Kier molecular flexibility index (Phi) is 9.42. The number of hydrogen-bond donors (Lipinski definition) is 1. The van der Waals surface area contributed by atoms with Gasteiger partial charge in [0.1, 0.15) is 17.4 Å². The van der Waals surface area contributed by atoms with E-state index in [0.29, 0.717) is 23.2 Å². The van der Waals surface area contributed by atoms with Crippen molar-refractivity contribution in [3.8, 4) is 51.0 Å². The maximum absolute atomic E-state index is 11.4. The maximum atomic E-state index is 11.4. The second-order valence-electron chi connectivity index (χ2n) is 16.0. The van der Waals surface area contributed by atoms with Crippen LogP contribution in [0.3, 0.4) is 0 Å². The number of nitrogens with zero attached hydrogens (tertiary/aromatic N) is 4. The molecule has 0 bridgehead atoms. The fourth-order valence-electron chi connectivity index (χ4n) is 8.25. The van der Waals surface area contributed by atoms with E-state index in [0.717, 1.165) is 50.3 Å². The Balaban J connectivity index is 1.49. The number of benzene rings is 6. The summed E-state index contributed by atoms with van der Waals surface area (Å²) in [5.41, 5.74) is 15.0. The van der Waals surface area contributed by atoms with Crippen molar-refractivity contribution in [3.05, 3.63) is 150 Å². The maximum Gasteiger partial charge on any atom is 0.149 e. The quantitative estimate of drug-likeness (QED) is 0.161. The Bertz CT molecular complexity index is 2620. The molecule has 1 N–H and O–H groups in total.